The Morgan fingerprint density at radius 3 is 2.64 bits per heavy atom. The van der Waals surface area contributed by atoms with Crippen LogP contribution in [0.5, 0.6) is 11.5 Å². The minimum absolute atomic E-state index is 0.0900. The Balaban J connectivity index is 1.93. The molecular weight excluding hydrogens is 302 g/mol. The van der Waals surface area contributed by atoms with Gasteiger partial charge in [-0.3, -0.25) is 0 Å². The third kappa shape index (κ3) is 2.58. The average Bonchev–Trinajstić information content (AvgIpc) is 2.77. The summed E-state index contributed by atoms with van der Waals surface area (Å²) in [6.45, 7) is 0.342. The normalized spacial score (nSPS) is 15.2. The van der Waals surface area contributed by atoms with Crippen molar-refractivity contribution in [1.82, 2.24) is 0 Å². The molecule has 3 rings (SSSR count). The zero-order valence-corrected chi connectivity index (χ0v) is 12.5. The van der Waals surface area contributed by atoms with Gasteiger partial charge in [-0.05, 0) is 23.8 Å². The smallest absolute Gasteiger partial charge is 0.200 e. The van der Waals surface area contributed by atoms with Gasteiger partial charge in [-0.2, -0.15) is 0 Å². The van der Waals surface area contributed by atoms with E-state index in [0.29, 0.717) is 16.9 Å². The first kappa shape index (κ1) is 14.6. The molecule has 2 aromatic carbocycles. The van der Waals surface area contributed by atoms with Gasteiger partial charge in [0, 0.05) is 29.2 Å². The van der Waals surface area contributed by atoms with Crippen molar-refractivity contribution in [1.29, 1.82) is 0 Å². The van der Waals surface area contributed by atoms with Crippen LogP contribution in [0.25, 0.3) is 5.57 Å². The van der Waals surface area contributed by atoms with Gasteiger partial charge in [0.05, 0.1) is 4.90 Å². The molecule has 0 aliphatic carbocycles. The van der Waals surface area contributed by atoms with Gasteiger partial charge in [-0.1, -0.05) is 18.2 Å². The van der Waals surface area contributed by atoms with Crippen molar-refractivity contribution in [3.63, 3.8) is 0 Å². The molecule has 22 heavy (non-hydrogen) atoms. The second-order valence-corrected chi connectivity index (χ2v) is 6.73. The first-order valence-corrected chi connectivity index (χ1v) is 8.26. The van der Waals surface area contributed by atoms with E-state index in [0.717, 1.165) is 5.56 Å². The SMILES string of the molecule is NCc1cccc2c1C(COc1cccc(O)c1)=CS2(=O)=O. The number of sulfone groups is 1. The molecule has 0 radical (unpaired) electrons. The molecule has 3 N–H and O–H groups in total. The van der Waals surface area contributed by atoms with E-state index in [1.54, 1.807) is 24.3 Å². The molecule has 0 spiro atoms. The highest BCUT2D eigenvalue weighted by Gasteiger charge is 2.28. The number of hydrogen-bond donors (Lipinski definition) is 2. The van der Waals surface area contributed by atoms with Gasteiger partial charge >= 0.3 is 0 Å². The molecule has 2 aromatic rings. The highest BCUT2D eigenvalue weighted by Crippen LogP contribution is 2.36. The van der Waals surface area contributed by atoms with Gasteiger partial charge in [0.1, 0.15) is 18.1 Å². The van der Waals surface area contributed by atoms with E-state index in [9.17, 15) is 13.5 Å². The van der Waals surface area contributed by atoms with Gasteiger partial charge in [0.15, 0.2) is 0 Å². The van der Waals surface area contributed by atoms with E-state index in [1.165, 1.54) is 17.5 Å². The van der Waals surface area contributed by atoms with Crippen LogP contribution in [-0.2, 0) is 16.4 Å². The quantitative estimate of drug-likeness (QED) is 0.901. The Hall–Kier alpha value is -2.31. The van der Waals surface area contributed by atoms with Crippen molar-refractivity contribution < 1.29 is 18.3 Å². The number of fused-ring (bicyclic) bond motifs is 1. The summed E-state index contributed by atoms with van der Waals surface area (Å²) in [5.41, 5.74) is 7.67. The lowest BCUT2D eigenvalue weighted by Gasteiger charge is -2.11. The number of benzene rings is 2. The van der Waals surface area contributed by atoms with Crippen molar-refractivity contribution in [3.05, 3.63) is 59.0 Å². The summed E-state index contributed by atoms with van der Waals surface area (Å²) in [5, 5.41) is 10.6. The molecule has 5 nitrogen and oxygen atoms in total. The Bertz CT molecular complexity index is 856. The van der Waals surface area contributed by atoms with Gasteiger partial charge < -0.3 is 15.6 Å². The lowest BCUT2D eigenvalue weighted by Crippen LogP contribution is -2.06. The highest BCUT2D eigenvalue weighted by atomic mass is 32.2. The minimum Gasteiger partial charge on any atom is -0.508 e. The molecule has 0 saturated heterocycles. The van der Waals surface area contributed by atoms with Crippen LogP contribution in [0, 0.1) is 0 Å². The predicted octanol–water partition coefficient (Wildman–Crippen LogP) is 2.06. The number of hydrogen-bond acceptors (Lipinski definition) is 5. The Morgan fingerprint density at radius 2 is 1.91 bits per heavy atom. The molecule has 0 fully saturated rings. The zero-order valence-electron chi connectivity index (χ0n) is 11.7. The predicted molar refractivity (Wildman–Crippen MR) is 83.1 cm³/mol. The van der Waals surface area contributed by atoms with Crippen molar-refractivity contribution in [3.8, 4) is 11.5 Å². The van der Waals surface area contributed by atoms with E-state index >= 15 is 0 Å². The van der Waals surface area contributed by atoms with Gasteiger partial charge in [0.25, 0.3) is 0 Å². The largest absolute Gasteiger partial charge is 0.508 e. The Kier molecular flexibility index (Phi) is 3.64. The maximum atomic E-state index is 12.2. The summed E-state index contributed by atoms with van der Waals surface area (Å²) < 4.78 is 30.0. The number of ether oxygens (including phenoxy) is 1. The van der Waals surface area contributed by atoms with E-state index in [4.69, 9.17) is 10.5 Å². The molecule has 1 aliphatic heterocycles. The second kappa shape index (κ2) is 5.47. The van der Waals surface area contributed by atoms with Gasteiger partial charge in [0.2, 0.25) is 9.84 Å². The monoisotopic (exact) mass is 317 g/mol. The molecule has 0 amide bonds. The third-order valence-corrected chi connectivity index (χ3v) is 5.02. The maximum Gasteiger partial charge on any atom is 0.200 e. The average molecular weight is 317 g/mol. The van der Waals surface area contributed by atoms with E-state index < -0.39 is 9.84 Å². The van der Waals surface area contributed by atoms with Crippen LogP contribution in [0.4, 0.5) is 0 Å². The van der Waals surface area contributed by atoms with E-state index in [-0.39, 0.29) is 23.8 Å². The fraction of sp³-hybridized carbons (Fsp3) is 0.125. The Labute approximate surface area is 128 Å². The molecule has 114 valence electrons. The summed E-state index contributed by atoms with van der Waals surface area (Å²) in [4.78, 5) is 0.268. The molecular formula is C16H15NO4S. The van der Waals surface area contributed by atoms with Crippen molar-refractivity contribution in [2.75, 3.05) is 6.61 Å². The zero-order chi connectivity index (χ0) is 15.7. The first-order valence-electron chi connectivity index (χ1n) is 6.71. The third-order valence-electron chi connectivity index (χ3n) is 3.47. The molecule has 1 heterocycles. The number of nitrogens with two attached hydrogens (primary N) is 1. The molecule has 6 heteroatoms. The van der Waals surface area contributed by atoms with Crippen LogP contribution < -0.4 is 10.5 Å². The van der Waals surface area contributed by atoms with Crippen LogP contribution in [0.1, 0.15) is 11.1 Å². The first-order chi connectivity index (χ1) is 10.5. The van der Waals surface area contributed by atoms with Crippen LogP contribution >= 0.6 is 0 Å². The second-order valence-electron chi connectivity index (χ2n) is 4.97. The van der Waals surface area contributed by atoms with E-state index in [1.807, 2.05) is 6.07 Å². The fourth-order valence-corrected chi connectivity index (χ4v) is 4.00. The standard InChI is InChI=1S/C16H15NO4S/c17-8-11-3-1-6-15-16(11)12(10-22(15,19)20)9-21-14-5-2-4-13(18)7-14/h1-7,10,18H,8-9,17H2. The fourth-order valence-electron chi connectivity index (χ4n) is 2.50. The van der Waals surface area contributed by atoms with E-state index in [2.05, 4.69) is 0 Å². The molecule has 0 unspecified atom stereocenters. The molecule has 0 atom stereocenters. The maximum absolute atomic E-state index is 12.2. The molecule has 0 saturated carbocycles. The van der Waals surface area contributed by atoms with Crippen LogP contribution in [0.15, 0.2) is 52.8 Å². The summed E-state index contributed by atoms with van der Waals surface area (Å²) in [6, 6.07) is 11.4. The van der Waals surface area contributed by atoms with Crippen molar-refractivity contribution in [2.24, 2.45) is 5.73 Å². The van der Waals surface area contributed by atoms with Crippen LogP contribution in [-0.4, -0.2) is 20.1 Å². The topological polar surface area (TPSA) is 89.6 Å². The summed E-state index contributed by atoms with van der Waals surface area (Å²) in [6.07, 6.45) is 0. The minimum atomic E-state index is -3.45. The number of aromatic hydroxyl groups is 1. The van der Waals surface area contributed by atoms with Crippen molar-refractivity contribution in [2.45, 2.75) is 11.4 Å². The summed E-state index contributed by atoms with van der Waals surface area (Å²) in [5.74, 6) is 0.561. The van der Waals surface area contributed by atoms with Crippen molar-refractivity contribution >= 4 is 15.4 Å². The molecule has 1 aliphatic rings. The van der Waals surface area contributed by atoms with Crippen LogP contribution in [0.3, 0.4) is 0 Å². The number of rotatable bonds is 4. The van der Waals surface area contributed by atoms with Crippen LogP contribution in [0.2, 0.25) is 0 Å². The molecule has 0 bridgehead atoms. The lowest BCUT2D eigenvalue weighted by atomic mass is 10.0. The Morgan fingerprint density at radius 1 is 1.14 bits per heavy atom. The number of phenolic OH excluding ortho intramolecular Hbond substituents is 1. The van der Waals surface area contributed by atoms with Gasteiger partial charge in [-0.15, -0.1) is 0 Å². The highest BCUT2D eigenvalue weighted by molar-refractivity contribution is 7.95. The summed E-state index contributed by atoms with van der Waals surface area (Å²) in [7, 11) is -3.45. The number of phenols is 1. The summed E-state index contributed by atoms with van der Waals surface area (Å²) >= 11 is 0. The molecule has 0 aromatic heterocycles. The lowest BCUT2D eigenvalue weighted by molar-refractivity contribution is 0.366. The van der Waals surface area contributed by atoms with Gasteiger partial charge in [-0.25, -0.2) is 8.42 Å².